The van der Waals surface area contributed by atoms with Crippen LogP contribution in [-0.4, -0.2) is 51.6 Å². The molecule has 3 rings (SSSR count). The topological polar surface area (TPSA) is 76.2 Å². The minimum Gasteiger partial charge on any atom is -0.466 e. The maximum atomic E-state index is 12.8. The number of epoxide rings is 1. The number of likely N-dealkylation sites (N-methyl/N-ethyl adjacent to an activating group) is 1. The molecule has 1 atom stereocenters. The maximum absolute atomic E-state index is 12.8. The molecule has 0 spiro atoms. The first-order chi connectivity index (χ1) is 13.4. The average molecular weight is 404 g/mol. The van der Waals surface area contributed by atoms with Gasteiger partial charge in [-0.2, -0.15) is 4.31 Å². The Labute approximate surface area is 166 Å². The van der Waals surface area contributed by atoms with Crippen LogP contribution in [0.2, 0.25) is 0 Å². The van der Waals surface area contributed by atoms with Gasteiger partial charge in [-0.15, -0.1) is 0 Å². The van der Waals surface area contributed by atoms with Gasteiger partial charge in [0.1, 0.15) is 0 Å². The average Bonchev–Trinajstić information content (AvgIpc) is 3.51. The lowest BCUT2D eigenvalue weighted by atomic mass is 10.0. The van der Waals surface area contributed by atoms with E-state index in [0.717, 1.165) is 16.7 Å². The van der Waals surface area contributed by atoms with Crippen molar-refractivity contribution in [2.24, 2.45) is 0 Å². The molecule has 2 aromatic rings. The maximum Gasteiger partial charge on any atom is 0.306 e. The van der Waals surface area contributed by atoms with Gasteiger partial charge in [-0.1, -0.05) is 36.4 Å². The largest absolute Gasteiger partial charge is 0.466 e. The number of hydrogen-bond donors (Lipinski definition) is 0. The summed E-state index contributed by atoms with van der Waals surface area (Å²) in [6.45, 7) is 3.16. The molecule has 1 fully saturated rings. The molecule has 7 heteroatoms. The van der Waals surface area contributed by atoms with Gasteiger partial charge in [-0.25, -0.2) is 8.42 Å². The zero-order valence-electron chi connectivity index (χ0n) is 16.1. The van der Waals surface area contributed by atoms with Gasteiger partial charge in [0.25, 0.3) is 0 Å². The highest BCUT2D eigenvalue weighted by atomic mass is 32.2. The molecule has 1 unspecified atom stereocenters. The first-order valence-corrected chi connectivity index (χ1v) is 10.8. The number of benzene rings is 2. The van der Waals surface area contributed by atoms with Crippen molar-refractivity contribution in [2.75, 3.05) is 26.8 Å². The van der Waals surface area contributed by atoms with E-state index in [-0.39, 0.29) is 17.0 Å². The van der Waals surface area contributed by atoms with E-state index in [4.69, 9.17) is 9.47 Å². The Balaban J connectivity index is 1.72. The fraction of sp³-hybridized carbons (Fsp3) is 0.381. The molecule has 0 bridgehead atoms. The van der Waals surface area contributed by atoms with Crippen molar-refractivity contribution in [3.8, 4) is 11.1 Å². The lowest BCUT2D eigenvalue weighted by Gasteiger charge is -2.16. The summed E-state index contributed by atoms with van der Waals surface area (Å²) in [4.78, 5) is 11.7. The van der Waals surface area contributed by atoms with Crippen LogP contribution in [0.15, 0.2) is 53.4 Å². The number of ether oxygens (including phenoxy) is 2. The minimum atomic E-state index is -3.55. The van der Waals surface area contributed by atoms with Crippen LogP contribution < -0.4 is 0 Å². The number of carbonyl (C=O) groups is 1. The van der Waals surface area contributed by atoms with Crippen LogP contribution in [0.3, 0.4) is 0 Å². The summed E-state index contributed by atoms with van der Waals surface area (Å²) in [5, 5.41) is 0. The Hall–Kier alpha value is -2.22. The smallest absolute Gasteiger partial charge is 0.306 e. The highest BCUT2D eigenvalue weighted by Gasteiger charge is 2.30. The Morgan fingerprint density at radius 2 is 1.89 bits per heavy atom. The molecule has 150 valence electrons. The number of esters is 1. The van der Waals surface area contributed by atoms with E-state index in [2.05, 4.69) is 0 Å². The molecule has 1 heterocycles. The van der Waals surface area contributed by atoms with Crippen LogP contribution in [0, 0.1) is 0 Å². The van der Waals surface area contributed by atoms with Gasteiger partial charge in [-0.3, -0.25) is 4.79 Å². The SMILES string of the molecule is CCOC(=O)CCc1ccc(-c2cccc(S(=O)(=O)N(C)CC3CO3)c2)cc1. The number of carbonyl (C=O) groups excluding carboxylic acids is 1. The van der Waals surface area contributed by atoms with Gasteiger partial charge in [0.05, 0.1) is 24.2 Å². The number of sulfonamides is 1. The lowest BCUT2D eigenvalue weighted by molar-refractivity contribution is -0.143. The normalized spacial score (nSPS) is 16.2. The summed E-state index contributed by atoms with van der Waals surface area (Å²) in [6.07, 6.45) is 0.963. The summed E-state index contributed by atoms with van der Waals surface area (Å²) in [6, 6.07) is 14.7. The molecule has 1 aliphatic rings. The van der Waals surface area contributed by atoms with Gasteiger partial charge in [-0.05, 0) is 42.2 Å². The highest BCUT2D eigenvalue weighted by Crippen LogP contribution is 2.25. The van der Waals surface area contributed by atoms with E-state index in [0.29, 0.717) is 32.6 Å². The monoisotopic (exact) mass is 403 g/mol. The summed E-state index contributed by atoms with van der Waals surface area (Å²) in [7, 11) is -1.98. The first kappa shape index (κ1) is 20.5. The third-order valence-corrected chi connectivity index (χ3v) is 6.44. The van der Waals surface area contributed by atoms with Crippen molar-refractivity contribution in [3.05, 3.63) is 54.1 Å². The van der Waals surface area contributed by atoms with Gasteiger partial charge in [0.2, 0.25) is 10.0 Å². The second-order valence-corrected chi connectivity index (χ2v) is 8.82. The molecule has 2 aromatic carbocycles. The van der Waals surface area contributed by atoms with Crippen LogP contribution in [0.1, 0.15) is 18.9 Å². The molecule has 0 N–H and O–H groups in total. The predicted molar refractivity (Wildman–Crippen MR) is 106 cm³/mol. The van der Waals surface area contributed by atoms with Crippen LogP contribution in [0.4, 0.5) is 0 Å². The van der Waals surface area contributed by atoms with Crippen molar-refractivity contribution < 1.29 is 22.7 Å². The molecule has 0 amide bonds. The van der Waals surface area contributed by atoms with Crippen molar-refractivity contribution in [1.82, 2.24) is 4.31 Å². The van der Waals surface area contributed by atoms with Crippen LogP contribution >= 0.6 is 0 Å². The lowest BCUT2D eigenvalue weighted by Crippen LogP contribution is -2.30. The predicted octanol–water partition coefficient (Wildman–Crippen LogP) is 2.87. The molecule has 0 aromatic heterocycles. The minimum absolute atomic E-state index is 0.00473. The van der Waals surface area contributed by atoms with Gasteiger partial charge >= 0.3 is 5.97 Å². The molecule has 1 aliphatic heterocycles. The van der Waals surface area contributed by atoms with Crippen LogP contribution in [0.5, 0.6) is 0 Å². The number of rotatable bonds is 9. The third kappa shape index (κ3) is 5.19. The van der Waals surface area contributed by atoms with E-state index in [9.17, 15) is 13.2 Å². The zero-order chi connectivity index (χ0) is 20.1. The van der Waals surface area contributed by atoms with Crippen molar-refractivity contribution in [3.63, 3.8) is 0 Å². The number of hydrogen-bond acceptors (Lipinski definition) is 5. The molecule has 1 saturated heterocycles. The second kappa shape index (κ2) is 8.86. The van der Waals surface area contributed by atoms with Crippen LogP contribution in [-0.2, 0) is 30.7 Å². The Morgan fingerprint density at radius 1 is 1.18 bits per heavy atom. The van der Waals surface area contributed by atoms with E-state index in [1.807, 2.05) is 30.3 Å². The summed E-state index contributed by atoms with van der Waals surface area (Å²) >= 11 is 0. The number of aryl methyl sites for hydroxylation is 1. The van der Waals surface area contributed by atoms with Crippen molar-refractivity contribution in [1.29, 1.82) is 0 Å². The van der Waals surface area contributed by atoms with Gasteiger partial charge < -0.3 is 9.47 Å². The Bertz CT molecular complexity index is 920. The quantitative estimate of drug-likeness (QED) is 0.475. The Morgan fingerprint density at radius 3 is 2.54 bits per heavy atom. The van der Waals surface area contributed by atoms with Gasteiger partial charge in [0, 0.05) is 20.0 Å². The molecule has 0 radical (unpaired) electrons. The molecule has 28 heavy (non-hydrogen) atoms. The summed E-state index contributed by atoms with van der Waals surface area (Å²) in [5.41, 5.74) is 2.78. The highest BCUT2D eigenvalue weighted by molar-refractivity contribution is 7.89. The van der Waals surface area contributed by atoms with Crippen molar-refractivity contribution in [2.45, 2.75) is 30.8 Å². The van der Waals surface area contributed by atoms with Crippen molar-refractivity contribution >= 4 is 16.0 Å². The van der Waals surface area contributed by atoms with E-state index < -0.39 is 10.0 Å². The fourth-order valence-electron chi connectivity index (χ4n) is 2.92. The fourth-order valence-corrected chi connectivity index (χ4v) is 4.17. The third-order valence-electron chi connectivity index (χ3n) is 4.62. The first-order valence-electron chi connectivity index (χ1n) is 9.33. The molecule has 6 nitrogen and oxygen atoms in total. The van der Waals surface area contributed by atoms with Crippen LogP contribution in [0.25, 0.3) is 11.1 Å². The molecule has 0 saturated carbocycles. The molecular weight excluding hydrogens is 378 g/mol. The number of nitrogens with zero attached hydrogens (tertiary/aromatic N) is 1. The molecule has 0 aliphatic carbocycles. The summed E-state index contributed by atoms with van der Waals surface area (Å²) < 4.78 is 36.9. The standard InChI is InChI=1S/C21H25NO5S/c1-3-26-21(23)12-9-16-7-10-17(11-8-16)18-5-4-6-20(13-18)28(24,25)22(2)14-19-15-27-19/h4-8,10-11,13,19H,3,9,12,14-15H2,1-2H3. The zero-order valence-corrected chi connectivity index (χ0v) is 16.9. The van der Waals surface area contributed by atoms with E-state index in [1.165, 1.54) is 4.31 Å². The molecular formula is C21H25NO5S. The van der Waals surface area contributed by atoms with Gasteiger partial charge in [0.15, 0.2) is 0 Å². The van der Waals surface area contributed by atoms with E-state index >= 15 is 0 Å². The Kier molecular flexibility index (Phi) is 6.49. The van der Waals surface area contributed by atoms with E-state index in [1.54, 1.807) is 32.2 Å². The summed E-state index contributed by atoms with van der Waals surface area (Å²) in [5.74, 6) is -0.204. The second-order valence-electron chi connectivity index (χ2n) is 6.77.